The number of ketones is 1. The Morgan fingerprint density at radius 1 is 0.870 bits per heavy atom. The van der Waals surface area contributed by atoms with Crippen molar-refractivity contribution in [1.29, 1.82) is 5.26 Å². The fourth-order valence-corrected chi connectivity index (χ4v) is 9.33. The molecule has 0 bridgehead atoms. The minimum absolute atomic E-state index is 0.400. The van der Waals surface area contributed by atoms with Gasteiger partial charge in [-0.1, -0.05) is 31.9 Å². The van der Waals surface area contributed by atoms with Crippen molar-refractivity contribution in [2.45, 2.75) is 72.0 Å². The van der Waals surface area contributed by atoms with Gasteiger partial charge in [0.2, 0.25) is 0 Å². The fraction of sp³-hybridized carbons (Fsp3) is 0.412. The highest BCUT2D eigenvalue weighted by molar-refractivity contribution is 9.10. The van der Waals surface area contributed by atoms with Gasteiger partial charge in [-0.25, -0.2) is 9.97 Å². The quantitative estimate of drug-likeness (QED) is 0.194. The summed E-state index contributed by atoms with van der Waals surface area (Å²) in [6.07, 6.45) is 2.99. The van der Waals surface area contributed by atoms with E-state index in [0.717, 1.165) is 85.1 Å². The Morgan fingerprint density at radius 3 is 2.07 bits per heavy atom. The van der Waals surface area contributed by atoms with Crippen LogP contribution in [0.4, 0.5) is 5.00 Å². The Bertz CT molecular complexity index is 1860. The predicted molar refractivity (Wildman–Crippen MR) is 202 cm³/mol. The monoisotopic (exact) mass is 800 g/mol. The molecule has 2 aliphatic heterocycles. The van der Waals surface area contributed by atoms with Crippen LogP contribution in [0.1, 0.15) is 56.0 Å². The van der Waals surface area contributed by atoms with Gasteiger partial charge in [-0.3, -0.25) is 9.69 Å². The molecule has 7 rings (SSSR count). The number of thiazole rings is 2. The number of nitrogens with zero attached hydrogens (tertiary/aromatic N) is 5. The van der Waals surface area contributed by atoms with Gasteiger partial charge in [0.1, 0.15) is 15.8 Å². The summed E-state index contributed by atoms with van der Waals surface area (Å²) in [6, 6.07) is 15.5. The molecule has 5 heterocycles. The maximum absolute atomic E-state index is 10.8. The predicted octanol–water partition coefficient (Wildman–Crippen LogP) is 9.32. The lowest BCUT2D eigenvalue weighted by molar-refractivity contribution is -0.121. The van der Waals surface area contributed by atoms with Crippen LogP contribution in [0.2, 0.25) is 0 Å². The number of aromatic nitrogens is 2. The largest absolute Gasteiger partial charge is 0.390 e. The molecule has 7 nitrogen and oxygen atoms in total. The van der Waals surface area contributed by atoms with Crippen molar-refractivity contribution in [2.24, 2.45) is 0 Å². The van der Waals surface area contributed by atoms with Gasteiger partial charge in [-0.05, 0) is 76.1 Å². The third kappa shape index (κ3) is 8.61. The van der Waals surface area contributed by atoms with Crippen molar-refractivity contribution in [3.05, 3.63) is 60.8 Å². The van der Waals surface area contributed by atoms with Gasteiger partial charge in [0, 0.05) is 70.5 Å². The molecule has 5 aromatic rings. The molecule has 0 saturated carbocycles. The summed E-state index contributed by atoms with van der Waals surface area (Å²) in [5.41, 5.74) is 11.0. The molecular formula is C34H38Br2N6OS3. The van der Waals surface area contributed by atoms with Crippen LogP contribution in [0, 0.1) is 11.3 Å². The van der Waals surface area contributed by atoms with Gasteiger partial charge in [0.05, 0.1) is 37.9 Å². The standard InChI is InChI=1S/C17H18BrN3S2.C9H5BrN2S.C8H15NO/c1-9(2)21-6-5-11-14(8-21)22-16(19)15(11)17-20-12-7-10(18)3-4-13(12)23-17;10-6-1-2-8-7(5-6)12-9(13-8)3-4-11;1-7(2)9-5-3-8(10)4-6-9/h3-4,7,9H,5-6,8,19H2,1-2H3;1-2,5H,3H2;7H,3-6H2,1-2H3. The molecule has 0 aliphatic carbocycles. The van der Waals surface area contributed by atoms with Crippen molar-refractivity contribution in [1.82, 2.24) is 19.8 Å². The second-order valence-corrected chi connectivity index (χ2v) is 17.0. The van der Waals surface area contributed by atoms with Crippen LogP contribution in [0.3, 0.4) is 0 Å². The highest BCUT2D eigenvalue weighted by Crippen LogP contribution is 2.44. The average molecular weight is 803 g/mol. The number of nitrogens with two attached hydrogens (primary N) is 1. The molecule has 3 aromatic heterocycles. The molecule has 46 heavy (non-hydrogen) atoms. The lowest BCUT2D eigenvalue weighted by Gasteiger charge is -2.30. The van der Waals surface area contributed by atoms with Crippen molar-refractivity contribution in [3.63, 3.8) is 0 Å². The number of hydrogen-bond donors (Lipinski definition) is 1. The zero-order valence-corrected chi connectivity index (χ0v) is 32.1. The van der Waals surface area contributed by atoms with Crippen LogP contribution in [-0.2, 0) is 24.2 Å². The SMILES string of the molecule is CC(C)N1CCC(=O)CC1.CC(C)N1CCc2c(sc(N)c2-c2nc3cc(Br)ccc3s2)C1.N#CCc1nc2cc(Br)ccc2s1. The molecule has 0 atom stereocenters. The number of halogens is 2. The average Bonchev–Trinajstić information content (AvgIpc) is 3.70. The van der Waals surface area contributed by atoms with Crippen LogP contribution in [0.15, 0.2) is 45.3 Å². The Hall–Kier alpha value is -2.24. The van der Waals surface area contributed by atoms with Crippen LogP contribution < -0.4 is 5.73 Å². The number of rotatable bonds is 4. The van der Waals surface area contributed by atoms with E-state index in [0.29, 0.717) is 24.3 Å². The summed E-state index contributed by atoms with van der Waals surface area (Å²) in [5.74, 6) is 0.428. The number of thiophene rings is 1. The Labute approximate surface area is 299 Å². The zero-order chi connectivity index (χ0) is 33.0. The number of carbonyl (C=O) groups excluding carboxylic acids is 1. The molecule has 0 amide bonds. The number of hydrogen-bond acceptors (Lipinski definition) is 10. The first-order valence-corrected chi connectivity index (χ1v) is 19.4. The first-order chi connectivity index (χ1) is 22.0. The lowest BCUT2D eigenvalue weighted by Crippen LogP contribution is -2.38. The Kier molecular flexibility index (Phi) is 12.0. The third-order valence-electron chi connectivity index (χ3n) is 8.12. The highest BCUT2D eigenvalue weighted by atomic mass is 79.9. The van der Waals surface area contributed by atoms with Gasteiger partial charge >= 0.3 is 0 Å². The molecule has 0 unspecified atom stereocenters. The molecule has 2 aromatic carbocycles. The lowest BCUT2D eigenvalue weighted by atomic mass is 10.0. The van der Waals surface area contributed by atoms with Gasteiger partial charge < -0.3 is 10.6 Å². The zero-order valence-electron chi connectivity index (χ0n) is 26.5. The molecular weight excluding hydrogens is 764 g/mol. The number of benzene rings is 2. The van der Waals surface area contributed by atoms with Gasteiger partial charge in [-0.15, -0.1) is 34.0 Å². The van der Waals surface area contributed by atoms with E-state index >= 15 is 0 Å². The smallest absolute Gasteiger partial charge is 0.135 e. The van der Waals surface area contributed by atoms with E-state index in [-0.39, 0.29) is 0 Å². The number of nitriles is 1. The maximum Gasteiger partial charge on any atom is 0.135 e. The summed E-state index contributed by atoms with van der Waals surface area (Å²) >= 11 is 12.0. The Balaban J connectivity index is 0.000000153. The van der Waals surface area contributed by atoms with Gasteiger partial charge in [0.25, 0.3) is 0 Å². The van der Waals surface area contributed by atoms with E-state index < -0.39 is 0 Å². The highest BCUT2D eigenvalue weighted by Gasteiger charge is 2.27. The topological polar surface area (TPSA) is 99.1 Å². The number of likely N-dealkylation sites (tertiary alicyclic amines) is 1. The van der Waals surface area contributed by atoms with Gasteiger partial charge in [-0.2, -0.15) is 5.26 Å². The number of fused-ring (bicyclic) bond motifs is 3. The van der Waals surface area contributed by atoms with Crippen molar-refractivity contribution in [2.75, 3.05) is 25.4 Å². The molecule has 2 N–H and O–H groups in total. The number of carbonyl (C=O) groups is 1. The van der Waals surface area contributed by atoms with Crippen molar-refractivity contribution >= 4 is 97.1 Å². The number of Topliss-reactive ketones (excluding diaryl/α,β-unsaturated/α-hetero) is 1. The summed E-state index contributed by atoms with van der Waals surface area (Å²) < 4.78 is 4.43. The summed E-state index contributed by atoms with van der Waals surface area (Å²) in [7, 11) is 0. The van der Waals surface area contributed by atoms with Crippen LogP contribution in [-0.4, -0.2) is 57.3 Å². The summed E-state index contributed by atoms with van der Waals surface area (Å²) in [4.78, 5) is 26.2. The molecule has 12 heteroatoms. The minimum atomic E-state index is 0.400. The minimum Gasteiger partial charge on any atom is -0.390 e. The van der Waals surface area contributed by atoms with Crippen molar-refractivity contribution in [3.8, 4) is 16.6 Å². The molecule has 0 spiro atoms. The second-order valence-electron chi connectivity index (χ2n) is 11.9. The number of anilines is 1. The number of piperidine rings is 1. The van der Waals surface area contributed by atoms with E-state index in [9.17, 15) is 4.79 Å². The first-order valence-electron chi connectivity index (χ1n) is 15.4. The van der Waals surface area contributed by atoms with Gasteiger partial charge in [0.15, 0.2) is 0 Å². The third-order valence-corrected chi connectivity index (χ3v) is 12.2. The normalized spacial score (nSPS) is 15.4. The van der Waals surface area contributed by atoms with E-state index in [2.05, 4.69) is 98.6 Å². The molecule has 1 fully saturated rings. The summed E-state index contributed by atoms with van der Waals surface area (Å²) in [5, 5.41) is 11.4. The number of nitrogen functional groups attached to an aromatic ring is 1. The Morgan fingerprint density at radius 2 is 1.46 bits per heavy atom. The summed E-state index contributed by atoms with van der Waals surface area (Å²) in [6.45, 7) is 12.9. The van der Waals surface area contributed by atoms with Crippen LogP contribution in [0.5, 0.6) is 0 Å². The fourth-order valence-electron chi connectivity index (χ4n) is 5.51. The molecule has 2 aliphatic rings. The maximum atomic E-state index is 10.8. The first kappa shape index (κ1) is 35.1. The van der Waals surface area contributed by atoms with Crippen molar-refractivity contribution < 1.29 is 4.79 Å². The second kappa shape index (κ2) is 15.8. The molecule has 242 valence electrons. The van der Waals surface area contributed by atoms with E-state index in [1.54, 1.807) is 34.0 Å². The van der Waals surface area contributed by atoms with Crippen LogP contribution >= 0.6 is 65.9 Å². The van der Waals surface area contributed by atoms with E-state index in [4.69, 9.17) is 16.0 Å². The molecule has 0 radical (unpaired) electrons. The van der Waals surface area contributed by atoms with Crippen LogP contribution in [0.25, 0.3) is 31.0 Å². The van der Waals surface area contributed by atoms with E-state index in [1.165, 1.54) is 20.7 Å². The molecule has 1 saturated heterocycles. The van der Waals surface area contributed by atoms with E-state index in [1.807, 2.05) is 18.2 Å².